The first-order chi connectivity index (χ1) is 13.3. The molecule has 0 saturated heterocycles. The molecule has 1 saturated carbocycles. The van der Waals surface area contributed by atoms with Gasteiger partial charge in [0.05, 0.1) is 22.4 Å². The van der Waals surface area contributed by atoms with E-state index < -0.39 is 0 Å². The van der Waals surface area contributed by atoms with E-state index in [0.29, 0.717) is 27.6 Å². The van der Waals surface area contributed by atoms with Crippen molar-refractivity contribution in [2.45, 2.75) is 52.6 Å². The maximum absolute atomic E-state index is 12.7. The Bertz CT molecular complexity index is 1010. The fourth-order valence-corrected chi connectivity index (χ4v) is 3.39. The van der Waals surface area contributed by atoms with Crippen LogP contribution in [0.5, 0.6) is 0 Å². The van der Waals surface area contributed by atoms with E-state index in [2.05, 4.69) is 42.9 Å². The van der Waals surface area contributed by atoms with E-state index in [-0.39, 0.29) is 23.6 Å². The highest BCUT2D eigenvalue weighted by molar-refractivity contribution is 9.18. The van der Waals surface area contributed by atoms with Crippen LogP contribution in [0.2, 0.25) is 0 Å². The third kappa shape index (κ3) is 4.16. The first kappa shape index (κ1) is 20.3. The standard InChI is InChI=1S/C20H24BrN5O2/c1-11-8-12(2)24-20(28)16(11)9-22-19(27)13(3)17-10-23-26(15-6-5-7-15)18(17)25-14(4)21/h8,10,15H,3,5-7,9H2,1-2,4H3,(H,22,27)(H,24,28). The molecule has 2 N–H and O–H groups in total. The number of amides is 1. The Hall–Kier alpha value is -2.48. The summed E-state index contributed by atoms with van der Waals surface area (Å²) < 4.78 is 2.57. The number of hydrogen-bond donors (Lipinski definition) is 2. The molecule has 0 bridgehead atoms. The van der Waals surface area contributed by atoms with E-state index >= 15 is 0 Å². The largest absolute Gasteiger partial charge is 0.348 e. The molecule has 0 radical (unpaired) electrons. The van der Waals surface area contributed by atoms with Gasteiger partial charge in [-0.2, -0.15) is 5.10 Å². The zero-order chi connectivity index (χ0) is 20.4. The highest BCUT2D eigenvalue weighted by Gasteiger charge is 2.26. The lowest BCUT2D eigenvalue weighted by molar-refractivity contribution is -0.115. The van der Waals surface area contributed by atoms with Gasteiger partial charge in [0.1, 0.15) is 0 Å². The molecular weight excluding hydrogens is 422 g/mol. The van der Waals surface area contributed by atoms with Crippen LogP contribution in [0.1, 0.15) is 54.6 Å². The average molecular weight is 446 g/mol. The number of aliphatic imine (C=N–C) groups is 1. The smallest absolute Gasteiger partial charge is 0.253 e. The Balaban J connectivity index is 1.80. The number of aromatic nitrogens is 3. The molecule has 7 nitrogen and oxygen atoms in total. The summed E-state index contributed by atoms with van der Waals surface area (Å²) in [5.74, 6) is 0.278. The van der Waals surface area contributed by atoms with Crippen molar-refractivity contribution < 1.29 is 4.79 Å². The predicted octanol–water partition coefficient (Wildman–Crippen LogP) is 3.69. The van der Waals surface area contributed by atoms with Gasteiger partial charge >= 0.3 is 0 Å². The molecule has 2 heterocycles. The number of carbonyl (C=O) groups excluding carboxylic acids is 1. The third-order valence-corrected chi connectivity index (χ3v) is 5.15. The van der Waals surface area contributed by atoms with Gasteiger partial charge < -0.3 is 10.3 Å². The normalized spacial score (nSPS) is 14.6. The molecule has 28 heavy (non-hydrogen) atoms. The second-order valence-electron chi connectivity index (χ2n) is 7.12. The molecule has 3 rings (SSSR count). The summed E-state index contributed by atoms with van der Waals surface area (Å²) in [6, 6.07) is 2.19. The van der Waals surface area contributed by atoms with Gasteiger partial charge in [-0.25, -0.2) is 9.67 Å². The average Bonchev–Trinajstić information content (AvgIpc) is 2.94. The predicted molar refractivity (Wildman–Crippen MR) is 114 cm³/mol. The van der Waals surface area contributed by atoms with E-state index in [4.69, 9.17) is 0 Å². The SMILES string of the molecule is C=C(C(=O)NCc1c(C)cc(C)[nH]c1=O)c1cnn(C2CCC2)c1N=C(C)Br. The van der Waals surface area contributed by atoms with Crippen molar-refractivity contribution >= 4 is 37.8 Å². The van der Waals surface area contributed by atoms with Gasteiger partial charge in [-0.05, 0) is 67.6 Å². The van der Waals surface area contributed by atoms with Gasteiger partial charge in [-0.3, -0.25) is 9.59 Å². The van der Waals surface area contributed by atoms with Crippen LogP contribution in [-0.4, -0.2) is 25.3 Å². The fraction of sp³-hybridized carbons (Fsp3) is 0.400. The van der Waals surface area contributed by atoms with Crippen molar-refractivity contribution in [2.75, 3.05) is 0 Å². The van der Waals surface area contributed by atoms with Crippen LogP contribution in [-0.2, 0) is 11.3 Å². The van der Waals surface area contributed by atoms with Crippen LogP contribution >= 0.6 is 15.9 Å². The third-order valence-electron chi connectivity index (χ3n) is 4.97. The van der Waals surface area contributed by atoms with Gasteiger partial charge in [0.25, 0.3) is 11.5 Å². The Morgan fingerprint density at radius 1 is 1.46 bits per heavy atom. The van der Waals surface area contributed by atoms with E-state index in [1.807, 2.05) is 31.5 Å². The van der Waals surface area contributed by atoms with Gasteiger partial charge in [-0.1, -0.05) is 6.58 Å². The topological polar surface area (TPSA) is 92.1 Å². The molecule has 1 aliphatic rings. The van der Waals surface area contributed by atoms with Gasteiger partial charge in [0.15, 0.2) is 5.82 Å². The van der Waals surface area contributed by atoms with Crippen molar-refractivity contribution in [1.29, 1.82) is 0 Å². The Labute approximate surface area is 172 Å². The quantitative estimate of drug-likeness (QED) is 0.524. The molecule has 2 aromatic heterocycles. The van der Waals surface area contributed by atoms with Crippen molar-refractivity contribution in [3.63, 3.8) is 0 Å². The Morgan fingerprint density at radius 2 is 2.18 bits per heavy atom. The lowest BCUT2D eigenvalue weighted by Crippen LogP contribution is -2.28. The number of H-pyrrole nitrogens is 1. The first-order valence-corrected chi connectivity index (χ1v) is 10.0. The molecule has 0 aromatic carbocycles. The van der Waals surface area contributed by atoms with Crippen molar-refractivity contribution in [2.24, 2.45) is 4.99 Å². The summed E-state index contributed by atoms with van der Waals surface area (Å²) in [4.78, 5) is 32.1. The van der Waals surface area contributed by atoms with Crippen molar-refractivity contribution in [3.05, 3.63) is 51.6 Å². The molecule has 1 fully saturated rings. The molecule has 2 aromatic rings. The number of nitrogens with zero attached hydrogens (tertiary/aromatic N) is 3. The number of pyridine rings is 1. The number of carbonyl (C=O) groups is 1. The highest BCUT2D eigenvalue weighted by atomic mass is 79.9. The monoisotopic (exact) mass is 445 g/mol. The summed E-state index contributed by atoms with van der Waals surface area (Å²) in [7, 11) is 0. The van der Waals surface area contributed by atoms with Crippen molar-refractivity contribution in [3.8, 4) is 0 Å². The lowest BCUT2D eigenvalue weighted by Gasteiger charge is -2.26. The van der Waals surface area contributed by atoms with Crippen LogP contribution in [0.25, 0.3) is 5.57 Å². The summed E-state index contributed by atoms with van der Waals surface area (Å²) in [6.07, 6.45) is 4.92. The molecule has 1 amide bonds. The molecule has 0 unspecified atom stereocenters. The maximum atomic E-state index is 12.7. The second-order valence-corrected chi connectivity index (χ2v) is 8.27. The van der Waals surface area contributed by atoms with E-state index in [9.17, 15) is 9.59 Å². The molecular formula is C20H24BrN5O2. The van der Waals surface area contributed by atoms with E-state index in [0.717, 1.165) is 24.1 Å². The minimum Gasteiger partial charge on any atom is -0.348 e. The summed E-state index contributed by atoms with van der Waals surface area (Å²) in [5.41, 5.74) is 2.84. The molecule has 148 valence electrons. The number of nitrogens with one attached hydrogen (secondary N) is 2. The van der Waals surface area contributed by atoms with Crippen molar-refractivity contribution in [1.82, 2.24) is 20.1 Å². The zero-order valence-electron chi connectivity index (χ0n) is 16.3. The Kier molecular flexibility index (Phi) is 5.98. The number of rotatable bonds is 6. The van der Waals surface area contributed by atoms with Gasteiger partial charge in [0.2, 0.25) is 0 Å². The van der Waals surface area contributed by atoms with E-state index in [1.165, 1.54) is 6.42 Å². The molecule has 8 heteroatoms. The van der Waals surface area contributed by atoms with Crippen LogP contribution < -0.4 is 10.9 Å². The maximum Gasteiger partial charge on any atom is 0.253 e. The van der Waals surface area contributed by atoms with Crippen LogP contribution in [0, 0.1) is 13.8 Å². The highest BCUT2D eigenvalue weighted by Crippen LogP contribution is 2.37. The first-order valence-electron chi connectivity index (χ1n) is 9.23. The number of halogens is 1. The summed E-state index contributed by atoms with van der Waals surface area (Å²) in [5, 5.41) is 7.23. The summed E-state index contributed by atoms with van der Waals surface area (Å²) in [6.45, 7) is 9.59. The van der Waals surface area contributed by atoms with Crippen LogP contribution in [0.4, 0.5) is 5.82 Å². The van der Waals surface area contributed by atoms with Crippen LogP contribution in [0.3, 0.4) is 0 Å². The fourth-order valence-electron chi connectivity index (χ4n) is 3.22. The molecule has 0 aliphatic heterocycles. The Morgan fingerprint density at radius 3 is 2.75 bits per heavy atom. The number of hydrogen-bond acceptors (Lipinski definition) is 4. The molecule has 0 spiro atoms. The minimum atomic E-state index is -0.351. The molecule has 1 aliphatic carbocycles. The van der Waals surface area contributed by atoms with Crippen LogP contribution in [0.15, 0.2) is 28.6 Å². The summed E-state index contributed by atoms with van der Waals surface area (Å²) >= 11 is 3.36. The number of aromatic amines is 1. The second kappa shape index (κ2) is 8.26. The molecule has 0 atom stereocenters. The van der Waals surface area contributed by atoms with Gasteiger partial charge in [-0.15, -0.1) is 0 Å². The number of aryl methyl sites for hydroxylation is 2. The zero-order valence-corrected chi connectivity index (χ0v) is 17.9. The van der Waals surface area contributed by atoms with E-state index in [1.54, 1.807) is 6.20 Å². The van der Waals surface area contributed by atoms with Gasteiger partial charge in [0, 0.05) is 23.4 Å². The lowest BCUT2D eigenvalue weighted by atomic mass is 9.93. The minimum absolute atomic E-state index is 0.131.